The number of halogens is 2. The van der Waals surface area contributed by atoms with Crippen LogP contribution in [0, 0.1) is 24.1 Å². The van der Waals surface area contributed by atoms with Gasteiger partial charge in [0.2, 0.25) is 0 Å². The van der Waals surface area contributed by atoms with Crippen LogP contribution in [0.2, 0.25) is 5.02 Å². The Hall–Kier alpha value is -2.05. The molecule has 2 aromatic rings. The van der Waals surface area contributed by atoms with Crippen LogP contribution in [-0.2, 0) is 0 Å². The smallest absolute Gasteiger partial charge is 0.124 e. The highest BCUT2D eigenvalue weighted by atomic mass is 35.5. The van der Waals surface area contributed by atoms with Gasteiger partial charge in [0.15, 0.2) is 0 Å². The largest absolute Gasteiger partial charge is 0.354 e. The van der Waals surface area contributed by atoms with Crippen molar-refractivity contribution in [3.05, 3.63) is 58.4 Å². The molecule has 0 aliphatic rings. The van der Waals surface area contributed by atoms with E-state index in [1.807, 2.05) is 25.1 Å². The summed E-state index contributed by atoms with van der Waals surface area (Å²) in [6, 6.07) is 11.5. The van der Waals surface area contributed by atoms with Gasteiger partial charge in [0.25, 0.3) is 0 Å². The van der Waals surface area contributed by atoms with Gasteiger partial charge in [-0.15, -0.1) is 0 Å². The molecule has 0 spiro atoms. The lowest BCUT2D eigenvalue weighted by molar-refractivity contribution is 0.627. The van der Waals surface area contributed by atoms with Crippen molar-refractivity contribution in [1.29, 1.82) is 5.26 Å². The average Bonchev–Trinajstić information content (AvgIpc) is 2.37. The molecule has 90 valence electrons. The first-order valence-electron chi connectivity index (χ1n) is 5.33. The highest BCUT2D eigenvalue weighted by Gasteiger charge is 2.07. The summed E-state index contributed by atoms with van der Waals surface area (Å²) in [7, 11) is 0. The fourth-order valence-electron chi connectivity index (χ4n) is 1.61. The van der Waals surface area contributed by atoms with Crippen LogP contribution in [0.5, 0.6) is 0 Å². The quantitative estimate of drug-likeness (QED) is 0.869. The Kier molecular flexibility index (Phi) is 3.50. The molecule has 0 fully saturated rings. The molecule has 0 radical (unpaired) electrons. The van der Waals surface area contributed by atoms with E-state index in [1.165, 1.54) is 18.2 Å². The van der Waals surface area contributed by atoms with E-state index in [1.54, 1.807) is 6.07 Å². The minimum atomic E-state index is -0.431. The van der Waals surface area contributed by atoms with Crippen molar-refractivity contribution < 1.29 is 4.39 Å². The minimum Gasteiger partial charge on any atom is -0.354 e. The number of hydrogen-bond donors (Lipinski definition) is 1. The molecule has 0 aromatic heterocycles. The zero-order chi connectivity index (χ0) is 13.1. The predicted molar refractivity (Wildman–Crippen MR) is 70.6 cm³/mol. The summed E-state index contributed by atoms with van der Waals surface area (Å²) in [6.45, 7) is 1.88. The Bertz CT molecular complexity index is 632. The molecule has 0 heterocycles. The molecule has 1 N–H and O–H groups in total. The average molecular weight is 261 g/mol. The molecule has 2 rings (SSSR count). The third-order valence-corrected chi connectivity index (χ3v) is 3.05. The van der Waals surface area contributed by atoms with E-state index in [0.717, 1.165) is 11.3 Å². The van der Waals surface area contributed by atoms with Crippen molar-refractivity contribution >= 4 is 23.0 Å². The maximum Gasteiger partial charge on any atom is 0.124 e. The Morgan fingerprint density at radius 2 is 2.00 bits per heavy atom. The minimum absolute atomic E-state index is 0.259. The SMILES string of the molecule is Cc1c(Cl)cccc1Nc1ccc(F)cc1C#N. The maximum atomic E-state index is 13.0. The number of rotatable bonds is 2. The summed E-state index contributed by atoms with van der Waals surface area (Å²) in [5, 5.41) is 12.7. The summed E-state index contributed by atoms with van der Waals surface area (Å²) >= 11 is 6.01. The molecule has 0 unspecified atom stereocenters. The fourth-order valence-corrected chi connectivity index (χ4v) is 1.78. The molecular formula is C14H10ClFN2. The summed E-state index contributed by atoms with van der Waals surface area (Å²) in [5.74, 6) is -0.431. The lowest BCUT2D eigenvalue weighted by Crippen LogP contribution is -1.96. The Morgan fingerprint density at radius 1 is 1.22 bits per heavy atom. The molecule has 0 atom stereocenters. The van der Waals surface area contributed by atoms with Crippen LogP contribution in [-0.4, -0.2) is 0 Å². The molecular weight excluding hydrogens is 251 g/mol. The second-order valence-electron chi connectivity index (χ2n) is 3.84. The van der Waals surface area contributed by atoms with Gasteiger partial charge in [0.05, 0.1) is 11.3 Å². The van der Waals surface area contributed by atoms with E-state index in [4.69, 9.17) is 16.9 Å². The summed E-state index contributed by atoms with van der Waals surface area (Å²) in [5.41, 5.74) is 2.50. The Labute approximate surface area is 110 Å². The van der Waals surface area contributed by atoms with Crippen molar-refractivity contribution in [3.8, 4) is 6.07 Å². The molecule has 4 heteroatoms. The van der Waals surface area contributed by atoms with Crippen LogP contribution in [0.25, 0.3) is 0 Å². The van der Waals surface area contributed by atoms with E-state index < -0.39 is 5.82 Å². The Morgan fingerprint density at radius 3 is 2.72 bits per heavy atom. The molecule has 0 saturated carbocycles. The van der Waals surface area contributed by atoms with Gasteiger partial charge in [-0.2, -0.15) is 5.26 Å². The van der Waals surface area contributed by atoms with Crippen LogP contribution in [0.15, 0.2) is 36.4 Å². The number of hydrogen-bond acceptors (Lipinski definition) is 2. The van der Waals surface area contributed by atoms with Crippen LogP contribution < -0.4 is 5.32 Å². The van der Waals surface area contributed by atoms with Crippen LogP contribution in [0.1, 0.15) is 11.1 Å². The molecule has 0 bridgehead atoms. The van der Waals surface area contributed by atoms with Gasteiger partial charge in [-0.3, -0.25) is 0 Å². The number of nitriles is 1. The first kappa shape index (κ1) is 12.4. The third-order valence-electron chi connectivity index (χ3n) is 2.64. The first-order chi connectivity index (χ1) is 8.61. The summed E-state index contributed by atoms with van der Waals surface area (Å²) in [6.07, 6.45) is 0. The standard InChI is InChI=1S/C14H10ClFN2/c1-9-12(15)3-2-4-13(9)18-14-6-5-11(16)7-10(14)8-17/h2-7,18H,1H3. The Balaban J connectivity index is 2.41. The van der Waals surface area contributed by atoms with Gasteiger partial charge in [0.1, 0.15) is 11.9 Å². The second-order valence-corrected chi connectivity index (χ2v) is 4.25. The number of nitrogens with zero attached hydrogens (tertiary/aromatic N) is 1. The molecule has 0 saturated heterocycles. The maximum absolute atomic E-state index is 13.0. The van der Waals surface area contributed by atoms with Crippen molar-refractivity contribution in [3.63, 3.8) is 0 Å². The van der Waals surface area contributed by atoms with Crippen molar-refractivity contribution in [2.75, 3.05) is 5.32 Å². The van der Waals surface area contributed by atoms with E-state index >= 15 is 0 Å². The third kappa shape index (κ3) is 2.44. The van der Waals surface area contributed by atoms with Crippen molar-refractivity contribution in [2.24, 2.45) is 0 Å². The molecule has 0 aliphatic heterocycles. The fraction of sp³-hybridized carbons (Fsp3) is 0.0714. The highest BCUT2D eigenvalue weighted by molar-refractivity contribution is 6.31. The van der Waals surface area contributed by atoms with Gasteiger partial charge in [-0.05, 0) is 42.8 Å². The van der Waals surface area contributed by atoms with E-state index in [2.05, 4.69) is 5.32 Å². The van der Waals surface area contributed by atoms with Gasteiger partial charge in [-0.1, -0.05) is 17.7 Å². The predicted octanol–water partition coefficient (Wildman–Crippen LogP) is 4.40. The first-order valence-corrected chi connectivity index (χ1v) is 5.71. The molecule has 2 nitrogen and oxygen atoms in total. The van der Waals surface area contributed by atoms with Crippen LogP contribution in [0.3, 0.4) is 0 Å². The molecule has 0 amide bonds. The van der Waals surface area contributed by atoms with E-state index in [-0.39, 0.29) is 5.56 Å². The zero-order valence-electron chi connectivity index (χ0n) is 9.67. The summed E-state index contributed by atoms with van der Waals surface area (Å²) < 4.78 is 13.0. The van der Waals surface area contributed by atoms with E-state index in [9.17, 15) is 4.39 Å². The monoisotopic (exact) mass is 260 g/mol. The van der Waals surface area contributed by atoms with Gasteiger partial charge >= 0.3 is 0 Å². The number of nitrogens with one attached hydrogen (secondary N) is 1. The lowest BCUT2D eigenvalue weighted by Gasteiger charge is -2.11. The van der Waals surface area contributed by atoms with E-state index in [0.29, 0.717) is 10.7 Å². The van der Waals surface area contributed by atoms with Gasteiger partial charge in [0, 0.05) is 10.7 Å². The summed E-state index contributed by atoms with van der Waals surface area (Å²) in [4.78, 5) is 0. The van der Waals surface area contributed by atoms with Gasteiger partial charge < -0.3 is 5.32 Å². The van der Waals surface area contributed by atoms with Gasteiger partial charge in [-0.25, -0.2) is 4.39 Å². The molecule has 2 aromatic carbocycles. The van der Waals surface area contributed by atoms with Crippen molar-refractivity contribution in [1.82, 2.24) is 0 Å². The lowest BCUT2D eigenvalue weighted by atomic mass is 10.1. The number of anilines is 2. The van der Waals surface area contributed by atoms with Crippen molar-refractivity contribution in [2.45, 2.75) is 6.92 Å². The van der Waals surface area contributed by atoms with Crippen LogP contribution >= 0.6 is 11.6 Å². The topological polar surface area (TPSA) is 35.8 Å². The number of benzene rings is 2. The zero-order valence-corrected chi connectivity index (χ0v) is 10.4. The highest BCUT2D eigenvalue weighted by Crippen LogP contribution is 2.27. The van der Waals surface area contributed by atoms with Crippen LogP contribution in [0.4, 0.5) is 15.8 Å². The second kappa shape index (κ2) is 5.07. The molecule has 18 heavy (non-hydrogen) atoms. The molecule has 0 aliphatic carbocycles. The normalized spacial score (nSPS) is 9.89.